The zero-order chi connectivity index (χ0) is 17.9. The summed E-state index contributed by atoms with van der Waals surface area (Å²) >= 11 is 7.56. The number of benzene rings is 1. The number of hydrogen-bond acceptors (Lipinski definition) is 4. The largest absolute Gasteiger partial charge is 0.368 e. The third kappa shape index (κ3) is 3.66. The Morgan fingerprint density at radius 3 is 2.77 bits per heavy atom. The number of carbonyl (C=O) groups is 1. The molecule has 1 aromatic carbocycles. The van der Waals surface area contributed by atoms with E-state index in [1.54, 1.807) is 0 Å². The average molecular weight is 387 g/mol. The summed E-state index contributed by atoms with van der Waals surface area (Å²) in [6, 6.07) is 13.8. The monoisotopic (exact) mass is 386 g/mol. The number of piperazine rings is 1. The molecule has 26 heavy (non-hydrogen) atoms. The highest BCUT2D eigenvalue weighted by atomic mass is 35.5. The molecule has 0 saturated carbocycles. The van der Waals surface area contributed by atoms with Gasteiger partial charge in [0, 0.05) is 43.1 Å². The molecule has 5 nitrogen and oxygen atoms in total. The smallest absolute Gasteiger partial charge is 0.233 e. The topological polar surface area (TPSA) is 40.9 Å². The van der Waals surface area contributed by atoms with Crippen molar-refractivity contribution in [3.8, 4) is 0 Å². The predicted molar refractivity (Wildman–Crippen MR) is 106 cm³/mol. The van der Waals surface area contributed by atoms with Crippen LogP contribution in [0.3, 0.4) is 0 Å². The first kappa shape index (κ1) is 17.2. The van der Waals surface area contributed by atoms with Crippen LogP contribution in [0, 0.1) is 0 Å². The maximum Gasteiger partial charge on any atom is 0.233 e. The summed E-state index contributed by atoms with van der Waals surface area (Å²) in [6.45, 7) is 3.11. The van der Waals surface area contributed by atoms with Gasteiger partial charge in [0.2, 0.25) is 5.91 Å². The first-order valence-electron chi connectivity index (χ1n) is 8.54. The summed E-state index contributed by atoms with van der Waals surface area (Å²) in [5.41, 5.74) is 2.15. The summed E-state index contributed by atoms with van der Waals surface area (Å²) < 4.78 is 2.01. The Balaban J connectivity index is 1.32. The summed E-state index contributed by atoms with van der Waals surface area (Å²) in [4.78, 5) is 21.2. The maximum absolute atomic E-state index is 12.6. The van der Waals surface area contributed by atoms with Gasteiger partial charge in [0.25, 0.3) is 0 Å². The molecule has 0 unspecified atom stereocenters. The molecule has 0 spiro atoms. The van der Waals surface area contributed by atoms with Gasteiger partial charge in [-0.3, -0.25) is 9.20 Å². The summed E-state index contributed by atoms with van der Waals surface area (Å²) in [7, 11) is 0. The molecule has 3 aromatic rings. The fraction of sp³-hybridized carbons (Fsp3) is 0.263. The van der Waals surface area contributed by atoms with Crippen molar-refractivity contribution in [1.29, 1.82) is 0 Å². The van der Waals surface area contributed by atoms with E-state index in [4.69, 9.17) is 11.6 Å². The first-order chi connectivity index (χ1) is 12.7. The Labute approximate surface area is 161 Å². The number of anilines is 1. The summed E-state index contributed by atoms with van der Waals surface area (Å²) in [5, 5.41) is 1.59. The number of aromatic nitrogens is 2. The van der Waals surface area contributed by atoms with Crippen molar-refractivity contribution in [3.63, 3.8) is 0 Å². The first-order valence-corrected chi connectivity index (χ1v) is 9.90. The number of thioether (sulfide) groups is 1. The van der Waals surface area contributed by atoms with Gasteiger partial charge in [0.05, 0.1) is 17.5 Å². The Morgan fingerprint density at radius 2 is 1.96 bits per heavy atom. The van der Waals surface area contributed by atoms with Gasteiger partial charge >= 0.3 is 0 Å². The van der Waals surface area contributed by atoms with Gasteiger partial charge in [-0.25, -0.2) is 4.98 Å². The lowest BCUT2D eigenvalue weighted by atomic mass is 10.2. The molecule has 4 rings (SSSR count). The van der Waals surface area contributed by atoms with Crippen LogP contribution in [0.15, 0.2) is 60.0 Å². The van der Waals surface area contributed by atoms with Crippen LogP contribution in [0.25, 0.3) is 5.52 Å². The second-order valence-corrected chi connectivity index (χ2v) is 7.55. The van der Waals surface area contributed by atoms with Crippen LogP contribution in [0.5, 0.6) is 0 Å². The van der Waals surface area contributed by atoms with Crippen LogP contribution in [0.1, 0.15) is 0 Å². The molecule has 1 fully saturated rings. The standard InChI is InChI=1S/C19H19ClN4OS/c20-15-4-3-6-16(12-15)22-8-10-23(11-9-22)18(25)14-26-19-21-13-17-5-1-2-7-24(17)19/h1-7,12-13H,8-11,14H2. The number of amides is 1. The average Bonchev–Trinajstić information content (AvgIpc) is 3.09. The van der Waals surface area contributed by atoms with Crippen LogP contribution < -0.4 is 4.90 Å². The van der Waals surface area contributed by atoms with E-state index in [9.17, 15) is 4.79 Å². The molecule has 7 heteroatoms. The molecule has 0 aliphatic carbocycles. The quantitative estimate of drug-likeness (QED) is 0.644. The SMILES string of the molecule is O=C(CSc1ncc2ccccn12)N1CCN(c2cccc(Cl)c2)CC1. The molecule has 1 aliphatic rings. The van der Waals surface area contributed by atoms with Crippen LogP contribution >= 0.6 is 23.4 Å². The summed E-state index contributed by atoms with van der Waals surface area (Å²) in [6.07, 6.45) is 3.80. The number of hydrogen-bond donors (Lipinski definition) is 0. The minimum absolute atomic E-state index is 0.161. The minimum atomic E-state index is 0.161. The normalized spacial score (nSPS) is 14.8. The Bertz CT molecular complexity index is 921. The number of imidazole rings is 1. The van der Waals surface area contributed by atoms with Gasteiger partial charge in [-0.1, -0.05) is 35.5 Å². The van der Waals surface area contributed by atoms with Crippen molar-refractivity contribution in [2.75, 3.05) is 36.8 Å². The number of fused-ring (bicyclic) bond motifs is 1. The molecule has 0 N–H and O–H groups in total. The Hall–Kier alpha value is -2.18. The lowest BCUT2D eigenvalue weighted by molar-refractivity contribution is -0.128. The number of halogens is 1. The molecule has 0 atom stereocenters. The molecular formula is C19H19ClN4OS. The second kappa shape index (κ2) is 7.60. The van der Waals surface area contributed by atoms with Crippen LogP contribution in [0.2, 0.25) is 5.02 Å². The molecule has 1 amide bonds. The Morgan fingerprint density at radius 1 is 1.12 bits per heavy atom. The van der Waals surface area contributed by atoms with Crippen molar-refractivity contribution in [1.82, 2.24) is 14.3 Å². The van der Waals surface area contributed by atoms with E-state index in [0.29, 0.717) is 5.75 Å². The highest BCUT2D eigenvalue weighted by Gasteiger charge is 2.21. The van der Waals surface area contributed by atoms with Crippen molar-refractivity contribution in [2.45, 2.75) is 5.16 Å². The third-order valence-corrected chi connectivity index (χ3v) is 5.72. The molecule has 3 heterocycles. The number of nitrogens with zero attached hydrogens (tertiary/aromatic N) is 4. The molecule has 0 radical (unpaired) electrons. The lowest BCUT2D eigenvalue weighted by Gasteiger charge is -2.36. The number of carbonyl (C=O) groups excluding carboxylic acids is 1. The van der Waals surface area contributed by atoms with Crippen molar-refractivity contribution in [2.24, 2.45) is 0 Å². The van der Waals surface area contributed by atoms with Crippen molar-refractivity contribution < 1.29 is 4.79 Å². The van der Waals surface area contributed by atoms with Crippen molar-refractivity contribution in [3.05, 3.63) is 59.9 Å². The van der Waals surface area contributed by atoms with Gasteiger partial charge in [-0.15, -0.1) is 0 Å². The van der Waals surface area contributed by atoms with Gasteiger partial charge in [-0.05, 0) is 30.3 Å². The third-order valence-electron chi connectivity index (χ3n) is 4.54. The van der Waals surface area contributed by atoms with Gasteiger partial charge < -0.3 is 9.80 Å². The molecule has 1 saturated heterocycles. The van der Waals surface area contributed by atoms with Gasteiger partial charge in [-0.2, -0.15) is 0 Å². The van der Waals surface area contributed by atoms with E-state index in [1.165, 1.54) is 11.8 Å². The maximum atomic E-state index is 12.6. The molecule has 0 bridgehead atoms. The number of rotatable bonds is 4. The number of pyridine rings is 1. The minimum Gasteiger partial charge on any atom is -0.368 e. The van der Waals surface area contributed by atoms with E-state index >= 15 is 0 Å². The fourth-order valence-electron chi connectivity index (χ4n) is 3.13. The van der Waals surface area contributed by atoms with Gasteiger partial charge in [0.15, 0.2) is 5.16 Å². The van der Waals surface area contributed by atoms with Crippen LogP contribution in [-0.4, -0.2) is 52.1 Å². The molecule has 2 aromatic heterocycles. The highest BCUT2D eigenvalue weighted by Crippen LogP contribution is 2.22. The molecule has 134 valence electrons. The summed E-state index contributed by atoms with van der Waals surface area (Å²) in [5.74, 6) is 0.568. The lowest BCUT2D eigenvalue weighted by Crippen LogP contribution is -2.49. The van der Waals surface area contributed by atoms with E-state index in [-0.39, 0.29) is 5.91 Å². The highest BCUT2D eigenvalue weighted by molar-refractivity contribution is 7.99. The molecule has 1 aliphatic heterocycles. The van der Waals surface area contributed by atoms with Crippen LogP contribution in [0.4, 0.5) is 5.69 Å². The second-order valence-electron chi connectivity index (χ2n) is 6.17. The van der Waals surface area contributed by atoms with Crippen molar-refractivity contribution >= 4 is 40.5 Å². The Kier molecular flexibility index (Phi) is 5.04. The molecular weight excluding hydrogens is 368 g/mol. The predicted octanol–water partition coefficient (Wildman–Crippen LogP) is 3.43. The van der Waals surface area contributed by atoms with E-state index in [2.05, 4.69) is 16.0 Å². The zero-order valence-corrected chi connectivity index (χ0v) is 15.8. The van der Waals surface area contributed by atoms with Crippen LogP contribution in [-0.2, 0) is 4.79 Å². The van der Waals surface area contributed by atoms with E-state index < -0.39 is 0 Å². The van der Waals surface area contributed by atoms with E-state index in [0.717, 1.165) is 47.6 Å². The van der Waals surface area contributed by atoms with Gasteiger partial charge in [0.1, 0.15) is 0 Å². The fourth-order valence-corrected chi connectivity index (χ4v) is 4.18. The van der Waals surface area contributed by atoms with E-state index in [1.807, 2.05) is 58.1 Å². The zero-order valence-electron chi connectivity index (χ0n) is 14.2.